The number of thiophene rings is 1. The van der Waals surface area contributed by atoms with E-state index in [1.807, 2.05) is 36.6 Å². The molecular formula is C25H23N3O4S2. The zero-order valence-electron chi connectivity index (χ0n) is 19.0. The van der Waals surface area contributed by atoms with Crippen molar-refractivity contribution in [1.82, 2.24) is 4.98 Å². The Kier molecular flexibility index (Phi) is 8.35. The molecule has 2 aromatic heterocycles. The molecule has 0 spiro atoms. The first-order chi connectivity index (χ1) is 16.4. The van der Waals surface area contributed by atoms with Crippen LogP contribution in [0.5, 0.6) is 0 Å². The molecule has 0 aliphatic carbocycles. The average molecular weight is 494 g/mol. The standard InChI is InChI=1S/C25H23N3O4S2/c1-5-11-32-25(30)21-16(4)20(24(29)31-6-2)23(34-21)27-13-18(12-26)22-28-19(14-33-22)17-9-7-15(3)8-10-17/h5,7-10,13-14,27H,1,6,11H2,2-4H3. The summed E-state index contributed by atoms with van der Waals surface area (Å²) in [7, 11) is 0. The fourth-order valence-corrected chi connectivity index (χ4v) is 4.85. The van der Waals surface area contributed by atoms with Crippen LogP contribution in [-0.4, -0.2) is 30.1 Å². The first kappa shape index (κ1) is 24.9. The molecule has 0 saturated carbocycles. The van der Waals surface area contributed by atoms with Gasteiger partial charge < -0.3 is 14.8 Å². The minimum atomic E-state index is -0.565. The topological polar surface area (TPSA) is 101 Å². The second-order valence-electron chi connectivity index (χ2n) is 7.09. The van der Waals surface area contributed by atoms with Crippen molar-refractivity contribution in [1.29, 1.82) is 5.26 Å². The van der Waals surface area contributed by atoms with Crippen LogP contribution in [0.3, 0.4) is 0 Å². The molecule has 0 unspecified atom stereocenters. The molecule has 2 heterocycles. The van der Waals surface area contributed by atoms with Crippen LogP contribution in [0.1, 0.15) is 43.1 Å². The van der Waals surface area contributed by atoms with Gasteiger partial charge in [0.2, 0.25) is 0 Å². The molecule has 1 N–H and O–H groups in total. The molecule has 3 rings (SSSR count). The van der Waals surface area contributed by atoms with E-state index < -0.39 is 11.9 Å². The molecule has 0 radical (unpaired) electrons. The average Bonchev–Trinajstić information content (AvgIpc) is 3.44. The predicted octanol–water partition coefficient (Wildman–Crippen LogP) is 5.98. The molecule has 3 aromatic rings. The fourth-order valence-electron chi connectivity index (χ4n) is 2.99. The van der Waals surface area contributed by atoms with E-state index in [-0.39, 0.29) is 23.7 Å². The van der Waals surface area contributed by atoms with Gasteiger partial charge in [-0.2, -0.15) is 5.26 Å². The first-order valence-corrected chi connectivity index (χ1v) is 12.1. The van der Waals surface area contributed by atoms with Crippen LogP contribution >= 0.6 is 22.7 Å². The van der Waals surface area contributed by atoms with E-state index in [1.54, 1.807) is 13.8 Å². The van der Waals surface area contributed by atoms with Crippen molar-refractivity contribution >= 4 is 45.2 Å². The quantitative estimate of drug-likeness (QED) is 0.222. The van der Waals surface area contributed by atoms with Gasteiger partial charge in [0.25, 0.3) is 0 Å². The Morgan fingerprint density at radius 1 is 1.21 bits per heavy atom. The number of anilines is 1. The molecule has 0 aliphatic rings. The number of ether oxygens (including phenoxy) is 2. The van der Waals surface area contributed by atoms with Crippen molar-refractivity contribution in [2.75, 3.05) is 18.5 Å². The number of thiazole rings is 1. The summed E-state index contributed by atoms with van der Waals surface area (Å²) in [6, 6.07) is 10.1. The third-order valence-corrected chi connectivity index (χ3v) is 6.77. The summed E-state index contributed by atoms with van der Waals surface area (Å²) >= 11 is 2.40. The number of esters is 2. The van der Waals surface area contributed by atoms with Crippen molar-refractivity contribution in [3.05, 3.63) is 75.1 Å². The minimum Gasteiger partial charge on any atom is -0.462 e. The van der Waals surface area contributed by atoms with E-state index in [1.165, 1.54) is 23.6 Å². The van der Waals surface area contributed by atoms with E-state index in [9.17, 15) is 14.9 Å². The van der Waals surface area contributed by atoms with E-state index in [4.69, 9.17) is 9.47 Å². The van der Waals surface area contributed by atoms with Gasteiger partial charge in [-0.1, -0.05) is 42.5 Å². The Bertz CT molecular complexity index is 1280. The zero-order chi connectivity index (χ0) is 24.7. The molecule has 174 valence electrons. The summed E-state index contributed by atoms with van der Waals surface area (Å²) in [4.78, 5) is 29.9. The van der Waals surface area contributed by atoms with Crippen LogP contribution < -0.4 is 5.32 Å². The number of hydrogen-bond donors (Lipinski definition) is 1. The second kappa shape index (κ2) is 11.4. The largest absolute Gasteiger partial charge is 0.462 e. The highest BCUT2D eigenvalue weighted by Gasteiger charge is 2.26. The summed E-state index contributed by atoms with van der Waals surface area (Å²) in [6.07, 6.45) is 2.94. The number of allylic oxidation sites excluding steroid dienone is 1. The van der Waals surface area contributed by atoms with Crippen LogP contribution in [-0.2, 0) is 9.47 Å². The zero-order valence-corrected chi connectivity index (χ0v) is 20.6. The Hall–Kier alpha value is -3.74. The molecule has 9 heteroatoms. The van der Waals surface area contributed by atoms with E-state index in [2.05, 4.69) is 22.9 Å². The number of benzene rings is 1. The van der Waals surface area contributed by atoms with Crippen molar-refractivity contribution in [3.63, 3.8) is 0 Å². The maximum absolute atomic E-state index is 12.6. The molecule has 0 amide bonds. The van der Waals surface area contributed by atoms with Crippen LogP contribution in [0, 0.1) is 25.2 Å². The molecule has 0 fully saturated rings. The Morgan fingerprint density at radius 3 is 2.59 bits per heavy atom. The Balaban J connectivity index is 1.92. The van der Waals surface area contributed by atoms with Crippen molar-refractivity contribution < 1.29 is 19.1 Å². The number of carbonyl (C=O) groups excluding carboxylic acids is 2. The van der Waals surface area contributed by atoms with Crippen LogP contribution in [0.15, 0.2) is 48.5 Å². The predicted molar refractivity (Wildman–Crippen MR) is 135 cm³/mol. The van der Waals surface area contributed by atoms with Crippen molar-refractivity contribution in [2.45, 2.75) is 20.8 Å². The lowest BCUT2D eigenvalue weighted by Gasteiger charge is -2.05. The van der Waals surface area contributed by atoms with Gasteiger partial charge >= 0.3 is 11.9 Å². The molecule has 0 bridgehead atoms. The number of nitrogens with one attached hydrogen (secondary N) is 1. The molecule has 1 aromatic carbocycles. The minimum absolute atomic E-state index is 0.0551. The molecule has 0 aliphatic heterocycles. The number of aromatic nitrogens is 1. The highest BCUT2D eigenvalue weighted by atomic mass is 32.1. The summed E-state index contributed by atoms with van der Waals surface area (Å²) in [6.45, 7) is 9.14. The second-order valence-corrected chi connectivity index (χ2v) is 8.96. The Labute approximate surface area is 206 Å². The number of rotatable bonds is 9. The van der Waals surface area contributed by atoms with Gasteiger partial charge in [-0.25, -0.2) is 14.6 Å². The molecular weight excluding hydrogens is 470 g/mol. The summed E-state index contributed by atoms with van der Waals surface area (Å²) in [5, 5.41) is 15.5. The lowest BCUT2D eigenvalue weighted by Crippen LogP contribution is -2.09. The van der Waals surface area contributed by atoms with Gasteiger partial charge in [-0.3, -0.25) is 0 Å². The first-order valence-electron chi connectivity index (χ1n) is 10.4. The monoisotopic (exact) mass is 493 g/mol. The van der Waals surface area contributed by atoms with E-state index in [0.29, 0.717) is 21.1 Å². The third-order valence-electron chi connectivity index (χ3n) is 4.69. The number of carbonyl (C=O) groups is 2. The van der Waals surface area contributed by atoms with Crippen molar-refractivity contribution in [2.24, 2.45) is 0 Å². The molecule has 34 heavy (non-hydrogen) atoms. The van der Waals surface area contributed by atoms with Gasteiger partial charge in [-0.15, -0.1) is 22.7 Å². The van der Waals surface area contributed by atoms with E-state index >= 15 is 0 Å². The number of nitriles is 1. The van der Waals surface area contributed by atoms with Gasteiger partial charge in [0, 0.05) is 17.1 Å². The maximum Gasteiger partial charge on any atom is 0.348 e. The highest BCUT2D eigenvalue weighted by molar-refractivity contribution is 7.18. The maximum atomic E-state index is 12.6. The number of nitrogens with zero attached hydrogens (tertiary/aromatic N) is 2. The molecule has 0 saturated heterocycles. The molecule has 0 atom stereocenters. The van der Waals surface area contributed by atoms with Gasteiger partial charge in [0.15, 0.2) is 0 Å². The van der Waals surface area contributed by atoms with Crippen molar-refractivity contribution in [3.8, 4) is 17.3 Å². The molecule has 7 nitrogen and oxygen atoms in total. The smallest absolute Gasteiger partial charge is 0.348 e. The number of hydrogen-bond acceptors (Lipinski definition) is 9. The normalized spacial score (nSPS) is 10.9. The summed E-state index contributed by atoms with van der Waals surface area (Å²) in [5.74, 6) is -1.13. The van der Waals surface area contributed by atoms with Crippen LogP contribution in [0.4, 0.5) is 5.00 Å². The highest BCUT2D eigenvalue weighted by Crippen LogP contribution is 2.35. The van der Waals surface area contributed by atoms with E-state index in [0.717, 1.165) is 28.2 Å². The lowest BCUT2D eigenvalue weighted by molar-refractivity contribution is 0.0527. The SMILES string of the molecule is C=CCOC(=O)c1sc(NC=C(C#N)c2nc(-c3ccc(C)cc3)cs2)c(C(=O)OCC)c1C. The van der Waals surface area contributed by atoms with Crippen LogP contribution in [0.2, 0.25) is 0 Å². The lowest BCUT2D eigenvalue weighted by atomic mass is 10.1. The third kappa shape index (κ3) is 5.60. The van der Waals surface area contributed by atoms with Gasteiger partial charge in [0.1, 0.15) is 33.1 Å². The van der Waals surface area contributed by atoms with Gasteiger partial charge in [0.05, 0.1) is 17.9 Å². The summed E-state index contributed by atoms with van der Waals surface area (Å²) in [5.41, 5.74) is 3.85. The fraction of sp³-hybridized carbons (Fsp3) is 0.200. The summed E-state index contributed by atoms with van der Waals surface area (Å²) < 4.78 is 10.3. The Morgan fingerprint density at radius 2 is 1.94 bits per heavy atom. The van der Waals surface area contributed by atoms with Gasteiger partial charge in [-0.05, 0) is 26.3 Å². The number of aryl methyl sites for hydroxylation is 1. The van der Waals surface area contributed by atoms with Crippen LogP contribution in [0.25, 0.3) is 16.8 Å².